The highest BCUT2D eigenvalue weighted by Crippen LogP contribution is 2.41. The van der Waals surface area contributed by atoms with Crippen LogP contribution in [0.2, 0.25) is 0 Å². The van der Waals surface area contributed by atoms with Gasteiger partial charge in [0.05, 0.1) is 23.7 Å². The third kappa shape index (κ3) is 2.42. The molecule has 1 aliphatic rings. The first kappa shape index (κ1) is 14.2. The van der Waals surface area contributed by atoms with Gasteiger partial charge < -0.3 is 19.3 Å². The van der Waals surface area contributed by atoms with Crippen LogP contribution in [-0.4, -0.2) is 23.9 Å². The minimum absolute atomic E-state index is 0.00850. The summed E-state index contributed by atoms with van der Waals surface area (Å²) in [5, 5.41) is 21.7. The van der Waals surface area contributed by atoms with Crippen LogP contribution in [0.1, 0.15) is 17.2 Å². The van der Waals surface area contributed by atoms with E-state index in [1.165, 1.54) is 19.2 Å². The monoisotopic (exact) mass is 303 g/mol. The standard InChI is InChI=1S/C15H13NO6/c1-20-10-4-2-9(3-5-10)15(17)11-6-13-14(22-8-21-13)7-12(11)16(18)19/h2-7,15,17H,8H2,1H3. The van der Waals surface area contributed by atoms with Crippen molar-refractivity contribution in [3.8, 4) is 17.2 Å². The second-order valence-corrected chi connectivity index (χ2v) is 4.70. The van der Waals surface area contributed by atoms with Gasteiger partial charge in [-0.15, -0.1) is 0 Å². The number of aliphatic hydroxyl groups excluding tert-OH is 1. The summed E-state index contributed by atoms with van der Waals surface area (Å²) in [5.41, 5.74) is 0.453. The Labute approximate surface area is 125 Å². The van der Waals surface area contributed by atoms with Crippen LogP contribution < -0.4 is 14.2 Å². The minimum Gasteiger partial charge on any atom is -0.497 e. The van der Waals surface area contributed by atoms with Crippen molar-refractivity contribution in [2.45, 2.75) is 6.10 Å². The van der Waals surface area contributed by atoms with Gasteiger partial charge in [-0.2, -0.15) is 0 Å². The molecule has 0 aromatic heterocycles. The fraction of sp³-hybridized carbons (Fsp3) is 0.200. The topological polar surface area (TPSA) is 91.1 Å². The molecule has 114 valence electrons. The number of nitrogens with zero attached hydrogens (tertiary/aromatic N) is 1. The van der Waals surface area contributed by atoms with E-state index in [1.54, 1.807) is 24.3 Å². The minimum atomic E-state index is -1.15. The predicted molar refractivity (Wildman–Crippen MR) is 76.3 cm³/mol. The fourth-order valence-corrected chi connectivity index (χ4v) is 2.29. The molecule has 1 atom stereocenters. The Morgan fingerprint density at radius 3 is 2.45 bits per heavy atom. The van der Waals surface area contributed by atoms with E-state index in [1.807, 2.05) is 0 Å². The Morgan fingerprint density at radius 1 is 1.23 bits per heavy atom. The molecule has 0 radical (unpaired) electrons. The number of benzene rings is 2. The zero-order valence-electron chi connectivity index (χ0n) is 11.7. The Kier molecular flexibility index (Phi) is 3.56. The van der Waals surface area contributed by atoms with Gasteiger partial charge >= 0.3 is 0 Å². The molecule has 0 saturated heterocycles. The number of fused-ring (bicyclic) bond motifs is 1. The van der Waals surface area contributed by atoms with Crippen LogP contribution in [0.5, 0.6) is 17.2 Å². The van der Waals surface area contributed by atoms with Crippen LogP contribution >= 0.6 is 0 Å². The molecule has 7 nitrogen and oxygen atoms in total. The van der Waals surface area contributed by atoms with Crippen molar-refractivity contribution < 1.29 is 24.2 Å². The van der Waals surface area contributed by atoms with Gasteiger partial charge in [-0.05, 0) is 23.8 Å². The number of hydrogen-bond donors (Lipinski definition) is 1. The van der Waals surface area contributed by atoms with Crippen molar-refractivity contribution in [2.75, 3.05) is 13.9 Å². The molecule has 0 amide bonds. The molecule has 1 unspecified atom stereocenters. The SMILES string of the molecule is COc1ccc(C(O)c2cc3c(cc2[N+](=O)[O-])OCO3)cc1. The van der Waals surface area contributed by atoms with Crippen LogP contribution in [0.25, 0.3) is 0 Å². The lowest BCUT2D eigenvalue weighted by Gasteiger charge is -2.13. The maximum absolute atomic E-state index is 11.2. The van der Waals surface area contributed by atoms with Crippen molar-refractivity contribution >= 4 is 5.69 Å². The molecule has 1 aliphatic heterocycles. The Hall–Kier alpha value is -2.80. The van der Waals surface area contributed by atoms with Crippen molar-refractivity contribution in [1.29, 1.82) is 0 Å². The zero-order chi connectivity index (χ0) is 15.7. The third-order valence-electron chi connectivity index (χ3n) is 3.44. The first-order valence-corrected chi connectivity index (χ1v) is 6.50. The molecule has 3 rings (SSSR count). The highest BCUT2D eigenvalue weighted by atomic mass is 16.7. The van der Waals surface area contributed by atoms with E-state index < -0.39 is 11.0 Å². The lowest BCUT2D eigenvalue weighted by Crippen LogP contribution is -2.04. The van der Waals surface area contributed by atoms with Crippen LogP contribution in [0.4, 0.5) is 5.69 Å². The smallest absolute Gasteiger partial charge is 0.279 e. The number of methoxy groups -OCH3 is 1. The van der Waals surface area contributed by atoms with Crippen LogP contribution in [0, 0.1) is 10.1 Å². The number of ether oxygens (including phenoxy) is 3. The lowest BCUT2D eigenvalue weighted by atomic mass is 9.99. The average Bonchev–Trinajstić information content (AvgIpc) is 3.00. The molecule has 0 bridgehead atoms. The van der Waals surface area contributed by atoms with Gasteiger partial charge in [0, 0.05) is 0 Å². The maximum atomic E-state index is 11.2. The third-order valence-corrected chi connectivity index (χ3v) is 3.44. The summed E-state index contributed by atoms with van der Waals surface area (Å²) in [7, 11) is 1.54. The first-order chi connectivity index (χ1) is 10.6. The molecule has 0 fully saturated rings. The Bertz CT molecular complexity index is 713. The number of nitro benzene ring substituents is 1. The van der Waals surface area contributed by atoms with Crippen LogP contribution in [-0.2, 0) is 0 Å². The molecule has 1 heterocycles. The van der Waals surface area contributed by atoms with E-state index in [0.717, 1.165) is 0 Å². The van der Waals surface area contributed by atoms with Gasteiger partial charge in [-0.3, -0.25) is 10.1 Å². The van der Waals surface area contributed by atoms with E-state index in [0.29, 0.717) is 22.8 Å². The molecular formula is C15H13NO6. The van der Waals surface area contributed by atoms with E-state index in [2.05, 4.69) is 0 Å². The quantitative estimate of drug-likeness (QED) is 0.689. The van der Waals surface area contributed by atoms with E-state index in [-0.39, 0.29) is 18.0 Å². The summed E-state index contributed by atoms with van der Waals surface area (Å²) in [4.78, 5) is 10.7. The zero-order valence-corrected chi connectivity index (χ0v) is 11.7. The van der Waals surface area contributed by atoms with Crippen molar-refractivity contribution in [3.05, 3.63) is 57.6 Å². The Balaban J connectivity index is 2.03. The number of aliphatic hydroxyl groups is 1. The summed E-state index contributed by atoms with van der Waals surface area (Å²) in [6.07, 6.45) is -1.15. The molecule has 2 aromatic rings. The van der Waals surface area contributed by atoms with Gasteiger partial charge in [-0.25, -0.2) is 0 Å². The first-order valence-electron chi connectivity index (χ1n) is 6.50. The fourth-order valence-electron chi connectivity index (χ4n) is 2.29. The number of rotatable bonds is 4. The second kappa shape index (κ2) is 5.53. The average molecular weight is 303 g/mol. The van der Waals surface area contributed by atoms with Crippen LogP contribution in [0.15, 0.2) is 36.4 Å². The molecule has 2 aromatic carbocycles. The molecule has 0 saturated carbocycles. The summed E-state index contributed by atoms with van der Waals surface area (Å²) >= 11 is 0. The highest BCUT2D eigenvalue weighted by Gasteiger charge is 2.27. The molecule has 7 heteroatoms. The molecule has 1 N–H and O–H groups in total. The molecule has 0 spiro atoms. The molecular weight excluding hydrogens is 290 g/mol. The summed E-state index contributed by atoms with van der Waals surface area (Å²) in [6, 6.07) is 9.37. The number of nitro groups is 1. The van der Waals surface area contributed by atoms with Gasteiger partial charge in [-0.1, -0.05) is 12.1 Å². The van der Waals surface area contributed by atoms with E-state index >= 15 is 0 Å². The van der Waals surface area contributed by atoms with Crippen molar-refractivity contribution in [1.82, 2.24) is 0 Å². The van der Waals surface area contributed by atoms with Crippen molar-refractivity contribution in [3.63, 3.8) is 0 Å². The van der Waals surface area contributed by atoms with Gasteiger partial charge in [0.15, 0.2) is 11.5 Å². The maximum Gasteiger partial charge on any atom is 0.279 e. The van der Waals surface area contributed by atoms with E-state index in [4.69, 9.17) is 14.2 Å². The van der Waals surface area contributed by atoms with Gasteiger partial charge in [0.2, 0.25) is 6.79 Å². The number of hydrogen-bond acceptors (Lipinski definition) is 6. The summed E-state index contributed by atoms with van der Waals surface area (Å²) < 4.78 is 15.4. The van der Waals surface area contributed by atoms with Gasteiger partial charge in [0.1, 0.15) is 11.9 Å². The molecule has 22 heavy (non-hydrogen) atoms. The van der Waals surface area contributed by atoms with E-state index in [9.17, 15) is 15.2 Å². The largest absolute Gasteiger partial charge is 0.497 e. The normalized spacial score (nSPS) is 13.7. The summed E-state index contributed by atoms with van der Waals surface area (Å²) in [6.45, 7) is 0.00850. The summed E-state index contributed by atoms with van der Waals surface area (Å²) in [5.74, 6) is 1.32. The second-order valence-electron chi connectivity index (χ2n) is 4.70. The van der Waals surface area contributed by atoms with Crippen molar-refractivity contribution in [2.24, 2.45) is 0 Å². The van der Waals surface area contributed by atoms with Gasteiger partial charge in [0.25, 0.3) is 5.69 Å². The van der Waals surface area contributed by atoms with Crippen LogP contribution in [0.3, 0.4) is 0 Å². The molecule has 0 aliphatic carbocycles. The Morgan fingerprint density at radius 2 is 1.86 bits per heavy atom. The predicted octanol–water partition coefficient (Wildman–Crippen LogP) is 2.41. The highest BCUT2D eigenvalue weighted by molar-refractivity contribution is 5.57. The lowest BCUT2D eigenvalue weighted by molar-refractivity contribution is -0.386.